The summed E-state index contributed by atoms with van der Waals surface area (Å²) in [6.07, 6.45) is 0. The largest absolute Gasteiger partial charge is 0.465 e. The quantitative estimate of drug-likeness (QED) is 0.811. The first kappa shape index (κ1) is 15.2. The number of carbonyl (C=O) groups is 2. The van der Waals surface area contributed by atoms with Crippen molar-refractivity contribution in [1.29, 1.82) is 0 Å². The molecule has 3 N–H and O–H groups in total. The standard InChI is InChI=1S/C14H20N2O3/c1-8(2)12(15)13(17)16-11-6-5-10(7-9(11)3)14(18)19-4/h5-8,12H,15H2,1-4H3,(H,16,17)/t12-/m0/s1. The number of hydrogen-bond acceptors (Lipinski definition) is 4. The zero-order valence-electron chi connectivity index (χ0n) is 11.7. The number of ether oxygens (including phenoxy) is 1. The first-order valence-electron chi connectivity index (χ1n) is 6.12. The zero-order valence-corrected chi connectivity index (χ0v) is 11.7. The lowest BCUT2D eigenvalue weighted by Crippen LogP contribution is -2.39. The summed E-state index contributed by atoms with van der Waals surface area (Å²) in [5.74, 6) is -0.571. The Morgan fingerprint density at radius 3 is 2.42 bits per heavy atom. The molecule has 5 nitrogen and oxygen atoms in total. The normalized spacial score (nSPS) is 12.1. The van der Waals surface area contributed by atoms with Crippen LogP contribution in [0.5, 0.6) is 0 Å². The van der Waals surface area contributed by atoms with Gasteiger partial charge in [-0.15, -0.1) is 0 Å². The topological polar surface area (TPSA) is 81.4 Å². The van der Waals surface area contributed by atoms with E-state index in [1.807, 2.05) is 20.8 Å². The lowest BCUT2D eigenvalue weighted by molar-refractivity contribution is -0.118. The highest BCUT2D eigenvalue weighted by atomic mass is 16.5. The summed E-state index contributed by atoms with van der Waals surface area (Å²) >= 11 is 0. The molecule has 19 heavy (non-hydrogen) atoms. The Morgan fingerprint density at radius 1 is 1.32 bits per heavy atom. The van der Waals surface area contributed by atoms with Crippen molar-refractivity contribution in [3.63, 3.8) is 0 Å². The fourth-order valence-electron chi connectivity index (χ4n) is 1.57. The van der Waals surface area contributed by atoms with Crippen LogP contribution in [0.25, 0.3) is 0 Å². The summed E-state index contributed by atoms with van der Waals surface area (Å²) in [6, 6.07) is 4.39. The molecule has 5 heteroatoms. The monoisotopic (exact) mass is 264 g/mol. The highest BCUT2D eigenvalue weighted by Gasteiger charge is 2.18. The maximum absolute atomic E-state index is 11.9. The molecule has 0 saturated carbocycles. The average Bonchev–Trinajstić information content (AvgIpc) is 2.38. The van der Waals surface area contributed by atoms with Crippen LogP contribution in [-0.4, -0.2) is 25.0 Å². The van der Waals surface area contributed by atoms with Gasteiger partial charge < -0.3 is 15.8 Å². The van der Waals surface area contributed by atoms with Crippen molar-refractivity contribution in [1.82, 2.24) is 0 Å². The van der Waals surface area contributed by atoms with Gasteiger partial charge in [-0.2, -0.15) is 0 Å². The average molecular weight is 264 g/mol. The summed E-state index contributed by atoms with van der Waals surface area (Å²) in [6.45, 7) is 5.58. The molecule has 1 aromatic carbocycles. The van der Waals surface area contributed by atoms with Crippen molar-refractivity contribution in [2.75, 3.05) is 12.4 Å². The summed E-state index contributed by atoms with van der Waals surface area (Å²) in [4.78, 5) is 23.2. The van der Waals surface area contributed by atoms with Crippen molar-refractivity contribution in [2.24, 2.45) is 11.7 Å². The molecule has 0 aromatic heterocycles. The first-order chi connectivity index (χ1) is 8.86. The molecule has 0 radical (unpaired) electrons. The molecular weight excluding hydrogens is 244 g/mol. The van der Waals surface area contributed by atoms with Crippen LogP contribution in [0, 0.1) is 12.8 Å². The number of aryl methyl sites for hydroxylation is 1. The highest BCUT2D eigenvalue weighted by Crippen LogP contribution is 2.17. The van der Waals surface area contributed by atoms with E-state index in [1.54, 1.807) is 18.2 Å². The smallest absolute Gasteiger partial charge is 0.337 e. The van der Waals surface area contributed by atoms with Gasteiger partial charge in [-0.1, -0.05) is 13.8 Å². The summed E-state index contributed by atoms with van der Waals surface area (Å²) in [5, 5.41) is 2.76. The number of anilines is 1. The van der Waals surface area contributed by atoms with Gasteiger partial charge in [0.2, 0.25) is 5.91 Å². The van der Waals surface area contributed by atoms with Crippen LogP contribution in [0.2, 0.25) is 0 Å². The van der Waals surface area contributed by atoms with Crippen LogP contribution in [0.15, 0.2) is 18.2 Å². The second-order valence-electron chi connectivity index (χ2n) is 4.78. The molecular formula is C14H20N2O3. The molecule has 0 aliphatic carbocycles. The number of esters is 1. The lowest BCUT2D eigenvalue weighted by Gasteiger charge is -2.16. The van der Waals surface area contributed by atoms with E-state index in [2.05, 4.69) is 10.1 Å². The minimum atomic E-state index is -0.556. The molecule has 104 valence electrons. The molecule has 0 bridgehead atoms. The second-order valence-corrected chi connectivity index (χ2v) is 4.78. The Bertz CT molecular complexity index is 484. The zero-order chi connectivity index (χ0) is 14.6. The van der Waals surface area contributed by atoms with Gasteiger partial charge in [-0.3, -0.25) is 4.79 Å². The number of benzene rings is 1. The van der Waals surface area contributed by atoms with E-state index in [0.29, 0.717) is 11.3 Å². The van der Waals surface area contributed by atoms with Gasteiger partial charge in [0, 0.05) is 5.69 Å². The second kappa shape index (κ2) is 6.33. The van der Waals surface area contributed by atoms with E-state index in [1.165, 1.54) is 7.11 Å². The Balaban J connectivity index is 2.86. The van der Waals surface area contributed by atoms with E-state index < -0.39 is 12.0 Å². The Morgan fingerprint density at radius 2 is 1.95 bits per heavy atom. The molecule has 1 amide bonds. The lowest BCUT2D eigenvalue weighted by atomic mass is 10.0. The van der Waals surface area contributed by atoms with Crippen LogP contribution in [0.1, 0.15) is 29.8 Å². The number of methoxy groups -OCH3 is 1. The van der Waals surface area contributed by atoms with E-state index in [-0.39, 0.29) is 11.8 Å². The summed E-state index contributed by atoms with van der Waals surface area (Å²) < 4.78 is 4.64. The van der Waals surface area contributed by atoms with E-state index in [4.69, 9.17) is 5.73 Å². The predicted molar refractivity (Wildman–Crippen MR) is 74.0 cm³/mol. The number of carbonyl (C=O) groups excluding carboxylic acids is 2. The van der Waals surface area contributed by atoms with Gasteiger partial charge in [0.1, 0.15) is 0 Å². The number of nitrogens with one attached hydrogen (secondary N) is 1. The third kappa shape index (κ3) is 3.79. The third-order valence-electron chi connectivity index (χ3n) is 2.93. The van der Waals surface area contributed by atoms with Crippen molar-refractivity contribution in [2.45, 2.75) is 26.8 Å². The maximum atomic E-state index is 11.9. The third-order valence-corrected chi connectivity index (χ3v) is 2.93. The van der Waals surface area contributed by atoms with Gasteiger partial charge in [0.05, 0.1) is 18.7 Å². The maximum Gasteiger partial charge on any atom is 0.337 e. The molecule has 0 spiro atoms. The molecule has 1 atom stereocenters. The van der Waals surface area contributed by atoms with Crippen LogP contribution in [0.4, 0.5) is 5.69 Å². The minimum absolute atomic E-state index is 0.0645. The van der Waals surface area contributed by atoms with Crippen LogP contribution in [0.3, 0.4) is 0 Å². The van der Waals surface area contributed by atoms with Crippen LogP contribution < -0.4 is 11.1 Å². The number of rotatable bonds is 4. The Labute approximate surface area is 113 Å². The number of amides is 1. The SMILES string of the molecule is COC(=O)c1ccc(NC(=O)[C@@H](N)C(C)C)c(C)c1. The Kier molecular flexibility index (Phi) is 5.06. The van der Waals surface area contributed by atoms with E-state index in [0.717, 1.165) is 5.56 Å². The molecule has 0 fully saturated rings. The summed E-state index contributed by atoms with van der Waals surface area (Å²) in [7, 11) is 1.33. The van der Waals surface area contributed by atoms with Gasteiger partial charge in [0.25, 0.3) is 0 Å². The molecule has 0 aliphatic rings. The molecule has 0 aliphatic heterocycles. The van der Waals surface area contributed by atoms with Crippen LogP contribution >= 0.6 is 0 Å². The van der Waals surface area contributed by atoms with Crippen molar-refractivity contribution < 1.29 is 14.3 Å². The summed E-state index contributed by atoms with van der Waals surface area (Å²) in [5.41, 5.74) is 7.65. The van der Waals surface area contributed by atoms with Crippen molar-refractivity contribution in [3.8, 4) is 0 Å². The molecule has 1 rings (SSSR count). The van der Waals surface area contributed by atoms with Crippen molar-refractivity contribution in [3.05, 3.63) is 29.3 Å². The number of nitrogens with two attached hydrogens (primary N) is 1. The van der Waals surface area contributed by atoms with E-state index in [9.17, 15) is 9.59 Å². The van der Waals surface area contributed by atoms with Gasteiger partial charge in [0.15, 0.2) is 0 Å². The molecule has 0 saturated heterocycles. The van der Waals surface area contributed by atoms with Gasteiger partial charge in [-0.05, 0) is 36.6 Å². The van der Waals surface area contributed by atoms with Gasteiger partial charge >= 0.3 is 5.97 Å². The van der Waals surface area contributed by atoms with Crippen LogP contribution in [-0.2, 0) is 9.53 Å². The van der Waals surface area contributed by atoms with Crippen molar-refractivity contribution >= 4 is 17.6 Å². The predicted octanol–water partition coefficient (Wildman–Crippen LogP) is 1.70. The molecule has 1 aromatic rings. The Hall–Kier alpha value is -1.88. The first-order valence-corrected chi connectivity index (χ1v) is 6.12. The highest BCUT2D eigenvalue weighted by molar-refractivity contribution is 5.96. The van der Waals surface area contributed by atoms with E-state index >= 15 is 0 Å². The minimum Gasteiger partial charge on any atom is -0.465 e. The van der Waals surface area contributed by atoms with Gasteiger partial charge in [-0.25, -0.2) is 4.79 Å². The molecule has 0 unspecified atom stereocenters. The molecule has 0 heterocycles. The fourth-order valence-corrected chi connectivity index (χ4v) is 1.57. The fraction of sp³-hybridized carbons (Fsp3) is 0.429. The number of hydrogen-bond donors (Lipinski definition) is 2.